The Hall–Kier alpha value is -1.09. The van der Waals surface area contributed by atoms with Gasteiger partial charge < -0.3 is 14.0 Å². The van der Waals surface area contributed by atoms with Gasteiger partial charge in [-0.15, -0.1) is 0 Å². The number of hydrogen-bond acceptors (Lipinski definition) is 5. The summed E-state index contributed by atoms with van der Waals surface area (Å²) < 4.78 is 23.7. The molecule has 6 nitrogen and oxygen atoms in total. The van der Waals surface area contributed by atoms with E-state index in [1.54, 1.807) is 6.20 Å². The van der Waals surface area contributed by atoms with Gasteiger partial charge in [-0.05, 0) is 32.0 Å². The number of nitrogens with one attached hydrogen (secondary N) is 1. The van der Waals surface area contributed by atoms with Gasteiger partial charge in [0.2, 0.25) is 0 Å². The average Bonchev–Trinajstić information content (AvgIpc) is 3.06. The molecule has 0 saturated carbocycles. The molecule has 0 bridgehead atoms. The number of hydrogen-bond donors (Lipinski definition) is 1. The number of aromatic nitrogens is 3. The molecule has 3 aromatic rings. The van der Waals surface area contributed by atoms with E-state index in [1.165, 1.54) is 0 Å². The summed E-state index contributed by atoms with van der Waals surface area (Å²) in [5.41, 5.74) is 3.32. The summed E-state index contributed by atoms with van der Waals surface area (Å²) in [7, 11) is 0. The minimum atomic E-state index is -1.30. The fraction of sp³-hybridized carbons (Fsp3) is 0.333. The summed E-state index contributed by atoms with van der Waals surface area (Å²) in [6, 6.07) is 9.45. The molecule has 0 amide bonds. The van der Waals surface area contributed by atoms with Crippen LogP contribution in [0.2, 0.25) is 0 Å². The monoisotopic (exact) mass is 383 g/mol. The first-order valence-corrected chi connectivity index (χ1v) is 9.49. The Morgan fingerprint density at radius 1 is 1.19 bits per heavy atom. The molecule has 0 radical (unpaired) electrons. The summed E-state index contributed by atoms with van der Waals surface area (Å²) >= 11 is -1.30. The van der Waals surface area contributed by atoms with Gasteiger partial charge in [-0.1, -0.05) is 12.1 Å². The van der Waals surface area contributed by atoms with Gasteiger partial charge in [0.15, 0.2) is 5.75 Å². The Balaban J connectivity index is 0.00000243. The fourth-order valence-corrected chi connectivity index (χ4v) is 3.55. The van der Waals surface area contributed by atoms with Gasteiger partial charge in [0.1, 0.15) is 12.4 Å². The van der Waals surface area contributed by atoms with Crippen molar-refractivity contribution in [3.63, 3.8) is 0 Å². The Morgan fingerprint density at radius 3 is 2.77 bits per heavy atom. The third-order valence-electron chi connectivity index (χ3n) is 3.80. The van der Waals surface area contributed by atoms with Gasteiger partial charge in [0, 0.05) is 29.5 Å². The van der Waals surface area contributed by atoms with Gasteiger partial charge >= 0.3 is 34.7 Å². The molecule has 0 aliphatic rings. The van der Waals surface area contributed by atoms with Crippen molar-refractivity contribution in [2.24, 2.45) is 0 Å². The molecule has 1 aromatic carbocycles. The predicted octanol–water partition coefficient (Wildman–Crippen LogP) is 2.34. The second-order valence-electron chi connectivity index (χ2n) is 5.48. The average molecular weight is 383 g/mol. The van der Waals surface area contributed by atoms with Gasteiger partial charge in [-0.25, -0.2) is 0 Å². The van der Waals surface area contributed by atoms with Crippen LogP contribution >= 0.6 is 0 Å². The SMILES string of the molecule is CCOCCOc1ccnc(C[S+]([O-])c2nc3ccccc3[nH]2)c1C.[NaH]. The molecule has 2 heterocycles. The van der Waals surface area contributed by atoms with Crippen molar-refractivity contribution in [1.82, 2.24) is 15.0 Å². The van der Waals surface area contributed by atoms with E-state index in [1.807, 2.05) is 44.2 Å². The molecule has 1 atom stereocenters. The van der Waals surface area contributed by atoms with E-state index < -0.39 is 11.2 Å². The van der Waals surface area contributed by atoms with E-state index in [0.29, 0.717) is 25.0 Å². The van der Waals surface area contributed by atoms with Crippen molar-refractivity contribution in [2.75, 3.05) is 19.8 Å². The molecule has 1 unspecified atom stereocenters. The van der Waals surface area contributed by atoms with Crippen LogP contribution < -0.4 is 4.74 Å². The molecular weight excluding hydrogens is 361 g/mol. The molecule has 26 heavy (non-hydrogen) atoms. The van der Waals surface area contributed by atoms with Gasteiger partial charge in [0.25, 0.3) is 0 Å². The van der Waals surface area contributed by atoms with Crippen LogP contribution in [-0.2, 0) is 21.7 Å². The van der Waals surface area contributed by atoms with Crippen molar-refractivity contribution >= 4 is 51.8 Å². The topological polar surface area (TPSA) is 83.1 Å². The molecule has 3 rings (SSSR count). The molecule has 0 spiro atoms. The molecule has 0 aliphatic heterocycles. The number of imidazole rings is 1. The zero-order valence-corrected chi connectivity index (χ0v) is 15.1. The zero-order chi connectivity index (χ0) is 17.6. The Bertz CT molecular complexity index is 810. The van der Waals surface area contributed by atoms with E-state index in [9.17, 15) is 4.55 Å². The Kier molecular flexibility index (Phi) is 8.40. The molecule has 2 aromatic heterocycles. The normalized spacial score (nSPS) is 12.0. The van der Waals surface area contributed by atoms with E-state index in [0.717, 1.165) is 28.0 Å². The number of H-pyrrole nitrogens is 1. The maximum atomic E-state index is 12.7. The van der Waals surface area contributed by atoms with Crippen molar-refractivity contribution in [3.8, 4) is 5.75 Å². The quantitative estimate of drug-likeness (QED) is 0.367. The van der Waals surface area contributed by atoms with Gasteiger partial charge in [-0.2, -0.15) is 4.98 Å². The summed E-state index contributed by atoms with van der Waals surface area (Å²) in [6.07, 6.45) is 1.67. The van der Waals surface area contributed by atoms with Crippen LogP contribution in [0.4, 0.5) is 0 Å². The van der Waals surface area contributed by atoms with E-state index in [4.69, 9.17) is 9.47 Å². The van der Waals surface area contributed by atoms with Crippen LogP contribution in [0.15, 0.2) is 41.7 Å². The van der Waals surface area contributed by atoms with Crippen LogP contribution in [0.3, 0.4) is 0 Å². The predicted molar refractivity (Wildman–Crippen MR) is 104 cm³/mol. The van der Waals surface area contributed by atoms with Crippen molar-refractivity contribution < 1.29 is 14.0 Å². The number of nitrogens with zero attached hydrogens (tertiary/aromatic N) is 2. The summed E-state index contributed by atoms with van der Waals surface area (Å²) in [5, 5.41) is 0.463. The van der Waals surface area contributed by atoms with Gasteiger partial charge in [0.05, 0.1) is 23.3 Å². The minimum absolute atomic E-state index is 0. The fourth-order valence-electron chi connectivity index (χ4n) is 2.45. The van der Waals surface area contributed by atoms with Crippen LogP contribution in [0.25, 0.3) is 11.0 Å². The first-order chi connectivity index (χ1) is 12.2. The van der Waals surface area contributed by atoms with E-state index >= 15 is 0 Å². The van der Waals surface area contributed by atoms with Crippen LogP contribution in [0.5, 0.6) is 5.75 Å². The number of benzene rings is 1. The first-order valence-electron chi connectivity index (χ1n) is 8.17. The Labute approximate surface area is 178 Å². The zero-order valence-electron chi connectivity index (χ0n) is 14.3. The molecule has 0 saturated heterocycles. The number of rotatable bonds is 8. The van der Waals surface area contributed by atoms with Gasteiger partial charge in [-0.3, -0.25) is 9.97 Å². The number of aromatic amines is 1. The molecule has 0 fully saturated rings. The molecule has 1 N–H and O–H groups in total. The van der Waals surface area contributed by atoms with E-state index in [-0.39, 0.29) is 35.3 Å². The third kappa shape index (κ3) is 5.22. The first kappa shape index (κ1) is 21.2. The Morgan fingerprint density at radius 2 is 2.00 bits per heavy atom. The third-order valence-corrected chi connectivity index (χ3v) is 4.96. The second-order valence-corrected chi connectivity index (χ2v) is 6.84. The molecule has 134 valence electrons. The van der Waals surface area contributed by atoms with Crippen molar-refractivity contribution in [1.29, 1.82) is 0 Å². The second kappa shape index (κ2) is 10.3. The van der Waals surface area contributed by atoms with Crippen LogP contribution in [0, 0.1) is 6.92 Å². The standard InChI is InChI=1S/C18H21N3O3S.Na.H/c1-3-23-10-11-24-17-8-9-19-16(13(17)2)12-25(22)18-20-14-6-4-5-7-15(14)21-18;;/h4-9H,3,10-12H2,1-2H3,(H,20,21);;. The maximum absolute atomic E-state index is 12.7. The van der Waals surface area contributed by atoms with Crippen LogP contribution in [-0.4, -0.2) is 68.9 Å². The number of ether oxygens (including phenoxy) is 2. The molecule has 0 aliphatic carbocycles. The summed E-state index contributed by atoms with van der Waals surface area (Å²) in [4.78, 5) is 11.9. The summed E-state index contributed by atoms with van der Waals surface area (Å²) in [5.74, 6) is 1.03. The number of fused-ring (bicyclic) bond motifs is 1. The molecular formula is C18H22N3NaO3S. The van der Waals surface area contributed by atoms with Crippen LogP contribution in [0.1, 0.15) is 18.2 Å². The van der Waals surface area contributed by atoms with Crippen molar-refractivity contribution in [3.05, 3.63) is 47.8 Å². The molecule has 8 heteroatoms. The summed E-state index contributed by atoms with van der Waals surface area (Å²) in [6.45, 7) is 5.56. The van der Waals surface area contributed by atoms with Crippen molar-refractivity contribution in [2.45, 2.75) is 24.8 Å². The number of para-hydroxylation sites is 2. The van der Waals surface area contributed by atoms with E-state index in [2.05, 4.69) is 15.0 Å². The number of pyridine rings is 1.